The number of carboxylic acid groups (broad SMARTS) is 1. The fourth-order valence-corrected chi connectivity index (χ4v) is 2.81. The Labute approximate surface area is 105 Å². The van der Waals surface area contributed by atoms with Crippen LogP contribution in [-0.2, 0) is 14.8 Å². The molecule has 2 N–H and O–H groups in total. The summed E-state index contributed by atoms with van der Waals surface area (Å²) in [5.74, 6) is -0.822. The van der Waals surface area contributed by atoms with Crippen LogP contribution in [0.25, 0.3) is 0 Å². The minimum atomic E-state index is -3.82. The second kappa shape index (κ2) is 5.03. The minimum absolute atomic E-state index is 0.0213. The number of aliphatic carboxylic acids is 1. The number of pyridine rings is 1. The highest BCUT2D eigenvalue weighted by Gasteiger charge is 2.32. The second-order valence-corrected chi connectivity index (χ2v) is 6.09. The van der Waals surface area contributed by atoms with Gasteiger partial charge in [0, 0.05) is 12.4 Å². The number of carboxylic acids is 1. The van der Waals surface area contributed by atoms with Gasteiger partial charge in [0.05, 0.1) is 0 Å². The van der Waals surface area contributed by atoms with Gasteiger partial charge < -0.3 is 5.11 Å². The Balaban J connectivity index is 2.12. The standard InChI is InChI=1S/C11H14N2O4S/c14-11(15)10(6-8-3-4-8)13-18(16,17)9-2-1-5-12-7-9/h1-2,5,7-8,10,13H,3-4,6H2,(H,14,15)/t10-/m0/s1. The summed E-state index contributed by atoms with van der Waals surface area (Å²) in [6, 6.07) is 1.80. The summed E-state index contributed by atoms with van der Waals surface area (Å²) in [6.45, 7) is 0. The van der Waals surface area contributed by atoms with Crippen LogP contribution in [0.5, 0.6) is 0 Å². The van der Waals surface area contributed by atoms with Crippen LogP contribution in [-0.4, -0.2) is 30.5 Å². The molecule has 1 atom stereocenters. The van der Waals surface area contributed by atoms with E-state index in [0.717, 1.165) is 12.8 Å². The van der Waals surface area contributed by atoms with Crippen molar-refractivity contribution in [3.63, 3.8) is 0 Å². The SMILES string of the molecule is O=C(O)[C@H](CC1CC1)NS(=O)(=O)c1cccnc1. The van der Waals surface area contributed by atoms with E-state index in [1.165, 1.54) is 24.5 Å². The zero-order chi connectivity index (χ0) is 13.2. The lowest BCUT2D eigenvalue weighted by Crippen LogP contribution is -2.41. The quantitative estimate of drug-likeness (QED) is 0.789. The van der Waals surface area contributed by atoms with Gasteiger partial charge in [0.1, 0.15) is 10.9 Å². The Kier molecular flexibility index (Phi) is 3.63. The maximum atomic E-state index is 11.9. The molecule has 0 spiro atoms. The van der Waals surface area contributed by atoms with E-state index in [4.69, 9.17) is 5.11 Å². The van der Waals surface area contributed by atoms with Crippen LogP contribution in [0.1, 0.15) is 19.3 Å². The monoisotopic (exact) mass is 270 g/mol. The van der Waals surface area contributed by atoms with Crippen molar-refractivity contribution < 1.29 is 18.3 Å². The number of carbonyl (C=O) groups is 1. The van der Waals surface area contributed by atoms with Crippen LogP contribution in [0.2, 0.25) is 0 Å². The molecule has 6 nitrogen and oxygen atoms in total. The van der Waals surface area contributed by atoms with Crippen LogP contribution in [0.15, 0.2) is 29.4 Å². The van der Waals surface area contributed by atoms with Crippen LogP contribution < -0.4 is 4.72 Å². The van der Waals surface area contributed by atoms with Gasteiger partial charge >= 0.3 is 5.97 Å². The molecule has 1 aliphatic rings. The number of aromatic nitrogens is 1. The fourth-order valence-electron chi connectivity index (χ4n) is 1.65. The van der Waals surface area contributed by atoms with Crippen molar-refractivity contribution in [1.29, 1.82) is 0 Å². The molecule has 0 amide bonds. The highest BCUT2D eigenvalue weighted by molar-refractivity contribution is 7.89. The van der Waals surface area contributed by atoms with Gasteiger partial charge in [0.15, 0.2) is 0 Å². The molecule has 98 valence electrons. The molecule has 0 aliphatic heterocycles. The van der Waals surface area contributed by atoms with E-state index >= 15 is 0 Å². The first-order chi connectivity index (χ1) is 8.49. The van der Waals surface area contributed by atoms with Crippen molar-refractivity contribution in [2.24, 2.45) is 5.92 Å². The predicted octanol–water partition coefficient (Wildman–Crippen LogP) is 0.613. The number of rotatable bonds is 6. The zero-order valence-electron chi connectivity index (χ0n) is 9.61. The summed E-state index contributed by atoms with van der Waals surface area (Å²) in [5.41, 5.74) is 0. The summed E-state index contributed by atoms with van der Waals surface area (Å²) in [7, 11) is -3.82. The molecule has 1 aromatic rings. The van der Waals surface area contributed by atoms with E-state index in [1.54, 1.807) is 0 Å². The third-order valence-corrected chi connectivity index (χ3v) is 4.26. The van der Waals surface area contributed by atoms with Crippen LogP contribution in [0.3, 0.4) is 0 Å². The van der Waals surface area contributed by atoms with Crippen molar-refractivity contribution in [3.8, 4) is 0 Å². The van der Waals surface area contributed by atoms with Crippen LogP contribution >= 0.6 is 0 Å². The first kappa shape index (κ1) is 13.0. The summed E-state index contributed by atoms with van der Waals surface area (Å²) >= 11 is 0. The largest absolute Gasteiger partial charge is 0.480 e. The molecule has 1 fully saturated rings. The lowest BCUT2D eigenvalue weighted by atomic mass is 10.1. The third kappa shape index (κ3) is 3.27. The molecule has 0 saturated heterocycles. The molecule has 1 saturated carbocycles. The Bertz CT molecular complexity index is 525. The number of nitrogens with zero attached hydrogens (tertiary/aromatic N) is 1. The van der Waals surface area contributed by atoms with E-state index in [0.29, 0.717) is 12.3 Å². The lowest BCUT2D eigenvalue weighted by Gasteiger charge is -2.14. The molecule has 2 rings (SSSR count). The maximum Gasteiger partial charge on any atom is 0.321 e. The first-order valence-electron chi connectivity index (χ1n) is 5.64. The fraction of sp³-hybridized carbons (Fsp3) is 0.455. The average molecular weight is 270 g/mol. The van der Waals surface area contributed by atoms with Gasteiger partial charge in [-0.15, -0.1) is 0 Å². The van der Waals surface area contributed by atoms with Crippen LogP contribution in [0.4, 0.5) is 0 Å². The average Bonchev–Trinajstić information content (AvgIpc) is 3.13. The number of sulfonamides is 1. The van der Waals surface area contributed by atoms with Crippen molar-refractivity contribution >= 4 is 16.0 Å². The Morgan fingerprint density at radius 3 is 2.78 bits per heavy atom. The molecular formula is C11H14N2O4S. The van der Waals surface area contributed by atoms with Crippen molar-refractivity contribution in [2.75, 3.05) is 0 Å². The highest BCUT2D eigenvalue weighted by Crippen LogP contribution is 2.33. The van der Waals surface area contributed by atoms with Gasteiger partial charge in [-0.25, -0.2) is 8.42 Å². The molecule has 18 heavy (non-hydrogen) atoms. The van der Waals surface area contributed by atoms with Crippen LogP contribution in [0, 0.1) is 5.92 Å². The molecule has 0 aromatic carbocycles. The van der Waals surface area contributed by atoms with Crippen molar-refractivity contribution in [2.45, 2.75) is 30.2 Å². The van der Waals surface area contributed by atoms with E-state index in [-0.39, 0.29) is 4.90 Å². The smallest absolute Gasteiger partial charge is 0.321 e. The molecule has 0 unspecified atom stereocenters. The van der Waals surface area contributed by atoms with Gasteiger partial charge in [-0.3, -0.25) is 9.78 Å². The first-order valence-corrected chi connectivity index (χ1v) is 7.12. The third-order valence-electron chi connectivity index (χ3n) is 2.81. The van der Waals surface area contributed by atoms with Gasteiger partial charge in [-0.05, 0) is 24.5 Å². The summed E-state index contributed by atoms with van der Waals surface area (Å²) in [4.78, 5) is 14.7. The summed E-state index contributed by atoms with van der Waals surface area (Å²) in [5, 5.41) is 9.02. The molecule has 1 aliphatic carbocycles. The molecule has 1 aromatic heterocycles. The van der Waals surface area contributed by atoms with Gasteiger partial charge in [0.2, 0.25) is 10.0 Å². The van der Waals surface area contributed by atoms with Gasteiger partial charge in [-0.2, -0.15) is 4.72 Å². The predicted molar refractivity (Wildman–Crippen MR) is 63.3 cm³/mol. The Hall–Kier alpha value is -1.47. The van der Waals surface area contributed by atoms with Gasteiger partial charge in [0.25, 0.3) is 0 Å². The Morgan fingerprint density at radius 1 is 1.56 bits per heavy atom. The zero-order valence-corrected chi connectivity index (χ0v) is 10.4. The van der Waals surface area contributed by atoms with Gasteiger partial charge in [-0.1, -0.05) is 12.8 Å². The molecule has 0 bridgehead atoms. The van der Waals surface area contributed by atoms with E-state index < -0.39 is 22.0 Å². The summed E-state index contributed by atoms with van der Waals surface area (Å²) in [6.07, 6.45) is 4.93. The molecule has 7 heteroatoms. The van der Waals surface area contributed by atoms with E-state index in [1.807, 2.05) is 0 Å². The Morgan fingerprint density at radius 2 is 2.28 bits per heavy atom. The van der Waals surface area contributed by atoms with E-state index in [2.05, 4.69) is 9.71 Å². The molecular weight excluding hydrogens is 256 g/mol. The normalized spacial score (nSPS) is 17.3. The van der Waals surface area contributed by atoms with Crippen molar-refractivity contribution in [1.82, 2.24) is 9.71 Å². The highest BCUT2D eigenvalue weighted by atomic mass is 32.2. The minimum Gasteiger partial charge on any atom is -0.480 e. The maximum absolute atomic E-state index is 11.9. The van der Waals surface area contributed by atoms with Crippen molar-refractivity contribution in [3.05, 3.63) is 24.5 Å². The molecule has 0 radical (unpaired) electrons. The summed E-state index contributed by atoms with van der Waals surface area (Å²) < 4.78 is 26.1. The lowest BCUT2D eigenvalue weighted by molar-refractivity contribution is -0.139. The second-order valence-electron chi connectivity index (χ2n) is 4.38. The number of hydrogen-bond donors (Lipinski definition) is 2. The number of hydrogen-bond acceptors (Lipinski definition) is 4. The molecule has 1 heterocycles. The number of nitrogens with one attached hydrogen (secondary N) is 1. The van der Waals surface area contributed by atoms with E-state index in [9.17, 15) is 13.2 Å². The topological polar surface area (TPSA) is 96.4 Å².